The first-order valence-corrected chi connectivity index (χ1v) is 12.5. The molecule has 2 fully saturated rings. The largest absolute Gasteiger partial charge is 0.493 e. The number of hydrogen-bond acceptors (Lipinski definition) is 7. The molecule has 2 aromatic carbocycles. The summed E-state index contributed by atoms with van der Waals surface area (Å²) in [5.74, 6) is 1.50. The van der Waals surface area contributed by atoms with Crippen molar-refractivity contribution in [3.05, 3.63) is 54.1 Å². The Kier molecular flexibility index (Phi) is 8.89. The van der Waals surface area contributed by atoms with Gasteiger partial charge in [-0.2, -0.15) is 0 Å². The number of ether oxygens (including phenoxy) is 3. The number of anilines is 1. The molecule has 0 saturated carbocycles. The summed E-state index contributed by atoms with van der Waals surface area (Å²) in [6, 6.07) is 15.8. The van der Waals surface area contributed by atoms with E-state index in [0.29, 0.717) is 31.2 Å². The number of nitrogens with zero attached hydrogens (tertiary/aromatic N) is 3. The van der Waals surface area contributed by atoms with E-state index >= 15 is 0 Å². The lowest BCUT2D eigenvalue weighted by Crippen LogP contribution is -2.53. The molecule has 2 saturated heterocycles. The van der Waals surface area contributed by atoms with Gasteiger partial charge in [-0.15, -0.1) is 0 Å². The van der Waals surface area contributed by atoms with Crippen LogP contribution in [0.1, 0.15) is 18.9 Å². The molecule has 2 amide bonds. The number of nitrogens with one attached hydrogen (secondary N) is 1. The van der Waals surface area contributed by atoms with Crippen molar-refractivity contribution >= 4 is 17.7 Å². The second-order valence-corrected chi connectivity index (χ2v) is 9.10. The van der Waals surface area contributed by atoms with Gasteiger partial charge in [0.05, 0.1) is 13.7 Å². The first-order chi connectivity index (χ1) is 17.5. The molecule has 36 heavy (non-hydrogen) atoms. The summed E-state index contributed by atoms with van der Waals surface area (Å²) in [6.07, 6.45) is 0.466. The second-order valence-electron chi connectivity index (χ2n) is 9.10. The first-order valence-electron chi connectivity index (χ1n) is 12.5. The Morgan fingerprint density at radius 1 is 0.972 bits per heavy atom. The van der Waals surface area contributed by atoms with Gasteiger partial charge in [0, 0.05) is 70.5 Å². The molecule has 2 heterocycles. The number of benzene rings is 2. The second kappa shape index (κ2) is 12.5. The number of piperazine rings is 2. The van der Waals surface area contributed by atoms with Gasteiger partial charge in [0.25, 0.3) is 0 Å². The highest BCUT2D eigenvalue weighted by Crippen LogP contribution is 2.32. The van der Waals surface area contributed by atoms with Crippen molar-refractivity contribution in [3.8, 4) is 11.5 Å². The summed E-state index contributed by atoms with van der Waals surface area (Å²) in [5.41, 5.74) is 2.03. The van der Waals surface area contributed by atoms with Crippen LogP contribution in [-0.4, -0.2) is 87.4 Å². The zero-order valence-electron chi connectivity index (χ0n) is 21.2. The van der Waals surface area contributed by atoms with Crippen molar-refractivity contribution in [1.82, 2.24) is 15.1 Å². The number of hydrogen-bond donors (Lipinski definition) is 1. The molecule has 0 unspecified atom stereocenters. The Bertz CT molecular complexity index is 1010. The highest BCUT2D eigenvalue weighted by atomic mass is 16.6. The highest BCUT2D eigenvalue weighted by molar-refractivity contribution is 5.73. The summed E-state index contributed by atoms with van der Waals surface area (Å²) < 4.78 is 17.1. The van der Waals surface area contributed by atoms with Crippen molar-refractivity contribution in [3.63, 3.8) is 0 Å². The van der Waals surface area contributed by atoms with Crippen LogP contribution in [0.4, 0.5) is 10.5 Å². The van der Waals surface area contributed by atoms with Gasteiger partial charge in [-0.25, -0.2) is 4.79 Å². The molecule has 2 aliphatic heterocycles. The van der Waals surface area contributed by atoms with Gasteiger partial charge in [-0.3, -0.25) is 4.79 Å². The molecular formula is C27H36N4O5. The molecular weight excluding hydrogens is 460 g/mol. The fraction of sp³-hybridized carbons (Fsp3) is 0.481. The fourth-order valence-electron chi connectivity index (χ4n) is 4.56. The summed E-state index contributed by atoms with van der Waals surface area (Å²) >= 11 is 0. The van der Waals surface area contributed by atoms with Gasteiger partial charge in [0.2, 0.25) is 5.91 Å². The molecule has 2 aliphatic rings. The van der Waals surface area contributed by atoms with E-state index in [0.717, 1.165) is 50.4 Å². The lowest BCUT2D eigenvalue weighted by molar-refractivity contribution is -0.129. The van der Waals surface area contributed by atoms with Crippen LogP contribution in [0.5, 0.6) is 11.5 Å². The molecule has 0 aliphatic carbocycles. The quantitative estimate of drug-likeness (QED) is 0.602. The molecule has 0 radical (unpaired) electrons. The van der Waals surface area contributed by atoms with Gasteiger partial charge in [0.15, 0.2) is 11.5 Å². The molecule has 0 aromatic heterocycles. The molecule has 9 heteroatoms. The SMILES string of the molecule is COc1cc(N2CCN(C(C)=O)CC2)ccc1OCC[C@@H]1CN(C(=O)OCc2ccccc2)CCN1. The first kappa shape index (κ1) is 25.6. The minimum Gasteiger partial charge on any atom is -0.493 e. The third-order valence-corrected chi connectivity index (χ3v) is 6.68. The van der Waals surface area contributed by atoms with Crippen molar-refractivity contribution in [2.45, 2.75) is 26.0 Å². The van der Waals surface area contributed by atoms with E-state index in [1.54, 1.807) is 18.9 Å². The Morgan fingerprint density at radius 2 is 1.75 bits per heavy atom. The maximum absolute atomic E-state index is 12.5. The lowest BCUT2D eigenvalue weighted by atomic mass is 10.1. The van der Waals surface area contributed by atoms with Crippen LogP contribution in [0, 0.1) is 0 Å². The summed E-state index contributed by atoms with van der Waals surface area (Å²) in [6.45, 7) is 7.35. The summed E-state index contributed by atoms with van der Waals surface area (Å²) in [4.78, 5) is 30.0. The van der Waals surface area contributed by atoms with Crippen LogP contribution in [0.2, 0.25) is 0 Å². The van der Waals surface area contributed by atoms with E-state index in [1.165, 1.54) is 0 Å². The number of amides is 2. The summed E-state index contributed by atoms with van der Waals surface area (Å²) in [7, 11) is 1.64. The van der Waals surface area contributed by atoms with E-state index < -0.39 is 0 Å². The third-order valence-electron chi connectivity index (χ3n) is 6.68. The van der Waals surface area contributed by atoms with Crippen molar-refractivity contribution in [2.24, 2.45) is 0 Å². The Morgan fingerprint density at radius 3 is 2.47 bits per heavy atom. The molecule has 0 spiro atoms. The standard InChI is InChI=1S/C27H36N4O5/c1-21(32)29-13-15-30(16-14-29)24-8-9-25(26(18-24)34-2)35-17-10-23-19-31(12-11-28-23)27(33)36-20-22-6-4-3-5-7-22/h3-9,18,23,28H,10-17,19-20H2,1-2H3/t23-/m1/s1. The molecule has 1 N–H and O–H groups in total. The summed E-state index contributed by atoms with van der Waals surface area (Å²) in [5, 5.41) is 3.46. The van der Waals surface area contributed by atoms with Crippen LogP contribution in [0.25, 0.3) is 0 Å². The highest BCUT2D eigenvalue weighted by Gasteiger charge is 2.25. The Labute approximate surface area is 212 Å². The zero-order chi connectivity index (χ0) is 25.3. The van der Waals surface area contributed by atoms with Crippen LogP contribution in [0.3, 0.4) is 0 Å². The smallest absolute Gasteiger partial charge is 0.410 e. The normalized spacial score (nSPS) is 18.1. The number of carbonyl (C=O) groups excluding carboxylic acids is 2. The van der Waals surface area contributed by atoms with Gasteiger partial charge >= 0.3 is 6.09 Å². The minimum atomic E-state index is -0.285. The molecule has 1 atom stereocenters. The van der Waals surface area contributed by atoms with E-state index in [1.807, 2.05) is 53.4 Å². The molecule has 194 valence electrons. The van der Waals surface area contributed by atoms with E-state index in [2.05, 4.69) is 10.2 Å². The Balaban J connectivity index is 1.23. The number of methoxy groups -OCH3 is 1. The predicted octanol–water partition coefficient (Wildman–Crippen LogP) is 2.74. The maximum Gasteiger partial charge on any atom is 0.410 e. The monoisotopic (exact) mass is 496 g/mol. The van der Waals surface area contributed by atoms with E-state index in [9.17, 15) is 9.59 Å². The third kappa shape index (κ3) is 6.81. The topological polar surface area (TPSA) is 83.6 Å². The lowest BCUT2D eigenvalue weighted by Gasteiger charge is -2.35. The van der Waals surface area contributed by atoms with Crippen LogP contribution in [-0.2, 0) is 16.1 Å². The Hall–Kier alpha value is -3.46. The van der Waals surface area contributed by atoms with Crippen molar-refractivity contribution in [2.75, 3.05) is 64.4 Å². The van der Waals surface area contributed by atoms with Gasteiger partial charge in [-0.1, -0.05) is 30.3 Å². The minimum absolute atomic E-state index is 0.121. The van der Waals surface area contributed by atoms with E-state index in [-0.39, 0.29) is 24.6 Å². The fourth-order valence-corrected chi connectivity index (χ4v) is 4.56. The molecule has 4 rings (SSSR count). The predicted molar refractivity (Wildman–Crippen MR) is 138 cm³/mol. The van der Waals surface area contributed by atoms with Crippen molar-refractivity contribution in [1.29, 1.82) is 0 Å². The van der Waals surface area contributed by atoms with Gasteiger partial charge in [0.1, 0.15) is 6.61 Å². The van der Waals surface area contributed by atoms with Crippen LogP contribution in [0.15, 0.2) is 48.5 Å². The van der Waals surface area contributed by atoms with Crippen molar-refractivity contribution < 1.29 is 23.8 Å². The average Bonchev–Trinajstić information content (AvgIpc) is 2.92. The average molecular weight is 497 g/mol. The molecule has 9 nitrogen and oxygen atoms in total. The van der Waals surface area contributed by atoms with Crippen LogP contribution >= 0.6 is 0 Å². The maximum atomic E-state index is 12.5. The van der Waals surface area contributed by atoms with Gasteiger partial charge in [-0.05, 0) is 24.1 Å². The number of carbonyl (C=O) groups is 2. The molecule has 0 bridgehead atoms. The number of rotatable bonds is 8. The van der Waals surface area contributed by atoms with Gasteiger partial charge < -0.3 is 34.2 Å². The van der Waals surface area contributed by atoms with Crippen LogP contribution < -0.4 is 19.7 Å². The van der Waals surface area contributed by atoms with E-state index in [4.69, 9.17) is 14.2 Å². The zero-order valence-corrected chi connectivity index (χ0v) is 21.2. The molecule has 2 aromatic rings.